The van der Waals surface area contributed by atoms with Gasteiger partial charge in [0.2, 0.25) is 0 Å². The second-order valence-corrected chi connectivity index (χ2v) is 5.95. The number of pyridine rings is 1. The van der Waals surface area contributed by atoms with Gasteiger partial charge in [-0.1, -0.05) is 26.7 Å². The molecule has 0 saturated heterocycles. The summed E-state index contributed by atoms with van der Waals surface area (Å²) < 4.78 is 1.24. The first-order valence-electron chi connectivity index (χ1n) is 6.25. The van der Waals surface area contributed by atoms with E-state index in [0.29, 0.717) is 0 Å². The Morgan fingerprint density at radius 1 is 1.35 bits per heavy atom. The van der Waals surface area contributed by atoms with Crippen molar-refractivity contribution in [3.8, 4) is 0 Å². The van der Waals surface area contributed by atoms with Gasteiger partial charge in [-0.2, -0.15) is 0 Å². The third kappa shape index (κ3) is 3.27. The van der Waals surface area contributed by atoms with Crippen LogP contribution in [0, 0.1) is 5.92 Å². The molecule has 0 aliphatic heterocycles. The van der Waals surface area contributed by atoms with Crippen molar-refractivity contribution < 1.29 is 0 Å². The van der Waals surface area contributed by atoms with Gasteiger partial charge >= 0.3 is 0 Å². The van der Waals surface area contributed by atoms with Crippen LogP contribution in [-0.2, 0) is 0 Å². The summed E-state index contributed by atoms with van der Waals surface area (Å²) >= 11 is 1.73. The predicted molar refractivity (Wildman–Crippen MR) is 75.2 cm³/mol. The van der Waals surface area contributed by atoms with Gasteiger partial charge in [0.1, 0.15) is 0 Å². The average molecular weight is 248 g/mol. The molecule has 0 aliphatic rings. The van der Waals surface area contributed by atoms with E-state index in [-0.39, 0.29) is 6.04 Å². The number of fused-ring (bicyclic) bond motifs is 1. The number of nitrogens with two attached hydrogens (primary N) is 1. The lowest BCUT2D eigenvalue weighted by Crippen LogP contribution is -2.10. The number of thiophene rings is 1. The van der Waals surface area contributed by atoms with Crippen LogP contribution in [0.4, 0.5) is 0 Å². The van der Waals surface area contributed by atoms with Crippen LogP contribution >= 0.6 is 11.3 Å². The van der Waals surface area contributed by atoms with Gasteiger partial charge in [-0.15, -0.1) is 11.3 Å². The second-order valence-electron chi connectivity index (χ2n) is 5.00. The van der Waals surface area contributed by atoms with Crippen molar-refractivity contribution in [1.82, 2.24) is 4.98 Å². The highest BCUT2D eigenvalue weighted by Crippen LogP contribution is 2.24. The van der Waals surface area contributed by atoms with Crippen molar-refractivity contribution >= 4 is 21.6 Å². The topological polar surface area (TPSA) is 38.9 Å². The number of aromatic nitrogens is 1. The molecule has 1 atom stereocenters. The van der Waals surface area contributed by atoms with Gasteiger partial charge in [0.25, 0.3) is 0 Å². The molecule has 17 heavy (non-hydrogen) atoms. The molecule has 92 valence electrons. The molecule has 0 aromatic carbocycles. The first kappa shape index (κ1) is 12.5. The Balaban J connectivity index is 2.00. The minimum Gasteiger partial charge on any atom is -0.324 e. The van der Waals surface area contributed by atoms with Gasteiger partial charge < -0.3 is 5.73 Å². The van der Waals surface area contributed by atoms with Crippen molar-refractivity contribution in [2.45, 2.75) is 39.2 Å². The maximum absolute atomic E-state index is 6.21. The van der Waals surface area contributed by atoms with Crippen molar-refractivity contribution in [3.63, 3.8) is 0 Å². The third-order valence-corrected chi connectivity index (χ3v) is 3.90. The highest BCUT2D eigenvalue weighted by Gasteiger charge is 2.08. The molecule has 2 heterocycles. The number of nitrogens with zero attached hydrogens (tertiary/aromatic N) is 1. The predicted octanol–water partition coefficient (Wildman–Crippen LogP) is 4.12. The number of hydrogen-bond donors (Lipinski definition) is 1. The van der Waals surface area contributed by atoms with Crippen molar-refractivity contribution in [2.75, 3.05) is 0 Å². The fourth-order valence-corrected chi connectivity index (χ4v) is 2.77. The minimum atomic E-state index is 0.132. The van der Waals surface area contributed by atoms with Gasteiger partial charge in [-0.3, -0.25) is 4.98 Å². The van der Waals surface area contributed by atoms with E-state index in [2.05, 4.69) is 30.3 Å². The van der Waals surface area contributed by atoms with Gasteiger partial charge in [0.15, 0.2) is 0 Å². The van der Waals surface area contributed by atoms with Crippen LogP contribution in [0.3, 0.4) is 0 Å². The lowest BCUT2D eigenvalue weighted by molar-refractivity contribution is 0.505. The fraction of sp³-hybridized carbons (Fsp3) is 0.500. The molecule has 2 aromatic heterocycles. The fourth-order valence-electron chi connectivity index (χ4n) is 1.98. The van der Waals surface area contributed by atoms with E-state index in [1.807, 2.05) is 12.3 Å². The lowest BCUT2D eigenvalue weighted by atomic mass is 10.00. The summed E-state index contributed by atoms with van der Waals surface area (Å²) in [6, 6.07) is 4.37. The first-order valence-corrected chi connectivity index (χ1v) is 7.13. The van der Waals surface area contributed by atoms with Crippen LogP contribution in [0.25, 0.3) is 10.2 Å². The van der Waals surface area contributed by atoms with Gasteiger partial charge in [-0.25, -0.2) is 0 Å². The molecular weight excluding hydrogens is 228 g/mol. The molecule has 0 bridgehead atoms. The SMILES string of the molecule is CC(C)CCCC(N)c1cnc2ccsc2c1. The summed E-state index contributed by atoms with van der Waals surface area (Å²) in [6.45, 7) is 4.51. The van der Waals surface area contributed by atoms with Crippen molar-refractivity contribution in [2.24, 2.45) is 11.7 Å². The number of hydrogen-bond acceptors (Lipinski definition) is 3. The second kappa shape index (κ2) is 5.61. The molecule has 0 amide bonds. The Hall–Kier alpha value is -0.930. The molecular formula is C14H20N2S. The molecule has 0 spiro atoms. The maximum atomic E-state index is 6.21. The van der Waals surface area contributed by atoms with Crippen molar-refractivity contribution in [1.29, 1.82) is 0 Å². The average Bonchev–Trinajstić information content (AvgIpc) is 2.75. The highest BCUT2D eigenvalue weighted by molar-refractivity contribution is 7.17. The maximum Gasteiger partial charge on any atom is 0.0809 e. The quantitative estimate of drug-likeness (QED) is 0.864. The molecule has 0 aliphatic carbocycles. The minimum absolute atomic E-state index is 0.132. The largest absolute Gasteiger partial charge is 0.324 e. The molecule has 0 fully saturated rings. The van der Waals surface area contributed by atoms with Crippen LogP contribution in [0.5, 0.6) is 0 Å². The van der Waals surface area contributed by atoms with Gasteiger partial charge in [-0.05, 0) is 35.4 Å². The monoisotopic (exact) mass is 248 g/mol. The molecule has 2 N–H and O–H groups in total. The summed E-state index contributed by atoms with van der Waals surface area (Å²) in [4.78, 5) is 4.44. The molecule has 0 saturated carbocycles. The molecule has 2 aromatic rings. The van der Waals surface area contributed by atoms with E-state index in [9.17, 15) is 0 Å². The van der Waals surface area contributed by atoms with E-state index in [1.54, 1.807) is 11.3 Å². The van der Waals surface area contributed by atoms with E-state index in [0.717, 1.165) is 17.9 Å². The first-order chi connectivity index (χ1) is 8.16. The Morgan fingerprint density at radius 2 is 2.18 bits per heavy atom. The van der Waals surface area contributed by atoms with Crippen molar-refractivity contribution in [3.05, 3.63) is 29.3 Å². The molecule has 1 unspecified atom stereocenters. The zero-order chi connectivity index (χ0) is 12.3. The summed E-state index contributed by atoms with van der Waals surface area (Å²) in [5, 5.41) is 2.08. The summed E-state index contributed by atoms with van der Waals surface area (Å²) in [7, 11) is 0. The summed E-state index contributed by atoms with van der Waals surface area (Å²) in [6.07, 6.45) is 5.43. The Kier molecular flexibility index (Phi) is 4.13. The highest BCUT2D eigenvalue weighted by atomic mass is 32.1. The zero-order valence-electron chi connectivity index (χ0n) is 10.5. The van der Waals surface area contributed by atoms with Crippen LogP contribution < -0.4 is 5.73 Å². The van der Waals surface area contributed by atoms with E-state index < -0.39 is 0 Å². The third-order valence-electron chi connectivity index (χ3n) is 3.05. The van der Waals surface area contributed by atoms with Crippen LogP contribution in [0.15, 0.2) is 23.7 Å². The normalized spacial score (nSPS) is 13.4. The summed E-state index contributed by atoms with van der Waals surface area (Å²) in [5.74, 6) is 0.764. The van der Waals surface area contributed by atoms with Crippen LogP contribution in [-0.4, -0.2) is 4.98 Å². The van der Waals surface area contributed by atoms with Gasteiger partial charge in [0, 0.05) is 12.2 Å². The lowest BCUT2D eigenvalue weighted by Gasteiger charge is -2.12. The summed E-state index contributed by atoms with van der Waals surface area (Å²) in [5.41, 5.74) is 8.45. The molecule has 2 rings (SSSR count). The molecule has 0 radical (unpaired) electrons. The zero-order valence-corrected chi connectivity index (χ0v) is 11.3. The molecule has 2 nitrogen and oxygen atoms in total. The van der Waals surface area contributed by atoms with Gasteiger partial charge in [0.05, 0.1) is 10.2 Å². The van der Waals surface area contributed by atoms with Crippen LogP contribution in [0.1, 0.15) is 44.7 Å². The molecule has 3 heteroatoms. The number of rotatable bonds is 5. The smallest absolute Gasteiger partial charge is 0.0809 e. The Morgan fingerprint density at radius 3 is 2.94 bits per heavy atom. The van der Waals surface area contributed by atoms with E-state index in [4.69, 9.17) is 5.73 Å². The Bertz CT molecular complexity index is 476. The Labute approximate surface area is 107 Å². The standard InChI is InChI=1S/C14H20N2S/c1-10(2)4-3-5-12(15)11-8-14-13(16-9-11)6-7-17-14/h6-10,12H,3-5,15H2,1-2H3. The van der Waals surface area contributed by atoms with E-state index in [1.165, 1.54) is 23.1 Å². The van der Waals surface area contributed by atoms with Crippen LogP contribution in [0.2, 0.25) is 0 Å². The van der Waals surface area contributed by atoms with E-state index >= 15 is 0 Å².